The molecule has 2 aromatic rings. The van der Waals surface area contributed by atoms with E-state index in [1.165, 1.54) is 4.90 Å². The van der Waals surface area contributed by atoms with E-state index in [-0.39, 0.29) is 29.6 Å². The number of hydrogen-bond acceptors (Lipinski definition) is 4. The maximum atomic E-state index is 13.0. The third kappa shape index (κ3) is 5.52. The number of amides is 2. The summed E-state index contributed by atoms with van der Waals surface area (Å²) in [4.78, 5) is 31.4. The van der Waals surface area contributed by atoms with Gasteiger partial charge in [-0.15, -0.1) is 6.58 Å². The molecule has 1 N–H and O–H groups in total. The van der Waals surface area contributed by atoms with E-state index in [9.17, 15) is 22.8 Å². The molecule has 1 unspecified atom stereocenters. The zero-order valence-corrected chi connectivity index (χ0v) is 18.5. The summed E-state index contributed by atoms with van der Waals surface area (Å²) in [6.07, 6.45) is -3.28. The average molecular weight is 482 g/mol. The number of thioether (sulfide) groups is 1. The summed E-state index contributed by atoms with van der Waals surface area (Å²) >= 11 is 7.06. The molecule has 3 rings (SSSR count). The molecule has 1 saturated heterocycles. The van der Waals surface area contributed by atoms with Crippen LogP contribution in [0.15, 0.2) is 60.1 Å². The molecule has 0 aliphatic carbocycles. The molecule has 0 saturated carbocycles. The molecule has 10 heteroatoms. The average Bonchev–Trinajstić information content (AvgIpc) is 2.99. The summed E-state index contributed by atoms with van der Waals surface area (Å²) in [7, 11) is 0. The number of benzene rings is 2. The molecule has 0 aromatic heterocycles. The highest BCUT2D eigenvalue weighted by Gasteiger charge is 2.39. The number of nitrogens with zero attached hydrogens (tertiary/aromatic N) is 2. The number of para-hydroxylation sites is 1. The Balaban J connectivity index is 1.77. The number of alkyl halides is 3. The van der Waals surface area contributed by atoms with Crippen LogP contribution in [0.2, 0.25) is 5.02 Å². The number of amidine groups is 1. The van der Waals surface area contributed by atoms with Crippen molar-refractivity contribution in [3.63, 3.8) is 0 Å². The summed E-state index contributed by atoms with van der Waals surface area (Å²) in [5.74, 6) is -0.958. The third-order valence-corrected chi connectivity index (χ3v) is 6.11. The van der Waals surface area contributed by atoms with E-state index >= 15 is 0 Å². The van der Waals surface area contributed by atoms with Gasteiger partial charge in [0.05, 0.1) is 22.0 Å². The normalized spacial score (nSPS) is 17.7. The number of anilines is 1. The second kappa shape index (κ2) is 9.79. The van der Waals surface area contributed by atoms with Gasteiger partial charge in [0.2, 0.25) is 11.8 Å². The summed E-state index contributed by atoms with van der Waals surface area (Å²) in [6, 6.07) is 10.1. The Morgan fingerprint density at radius 2 is 2.03 bits per heavy atom. The number of hydrogen-bond donors (Lipinski definition) is 1. The van der Waals surface area contributed by atoms with Crippen LogP contribution in [0.1, 0.15) is 17.5 Å². The van der Waals surface area contributed by atoms with Gasteiger partial charge in [-0.3, -0.25) is 14.5 Å². The number of carbonyl (C=O) groups excluding carboxylic acids is 2. The molecule has 1 fully saturated rings. The summed E-state index contributed by atoms with van der Waals surface area (Å²) < 4.78 is 38.9. The van der Waals surface area contributed by atoms with Crippen LogP contribution in [-0.4, -0.2) is 33.7 Å². The van der Waals surface area contributed by atoms with Gasteiger partial charge in [-0.2, -0.15) is 13.2 Å². The molecule has 1 aliphatic heterocycles. The number of aryl methyl sites for hydroxylation is 1. The van der Waals surface area contributed by atoms with Crippen LogP contribution < -0.4 is 5.32 Å². The maximum absolute atomic E-state index is 13.0. The molecule has 1 heterocycles. The van der Waals surface area contributed by atoms with Gasteiger partial charge in [0.15, 0.2) is 5.17 Å². The van der Waals surface area contributed by atoms with Crippen molar-refractivity contribution in [2.45, 2.75) is 24.8 Å². The Bertz CT molecular complexity index is 1090. The first kappa shape index (κ1) is 23.9. The Kier molecular flexibility index (Phi) is 7.30. The molecule has 2 aromatic carbocycles. The number of rotatable bonds is 6. The molecule has 5 nitrogen and oxygen atoms in total. The fourth-order valence-corrected chi connectivity index (χ4v) is 4.31. The molecular weight excluding hydrogens is 463 g/mol. The van der Waals surface area contributed by atoms with Crippen molar-refractivity contribution in [2.75, 3.05) is 11.9 Å². The zero-order valence-electron chi connectivity index (χ0n) is 16.9. The van der Waals surface area contributed by atoms with Gasteiger partial charge in [-0.25, -0.2) is 4.99 Å². The fraction of sp³-hybridized carbons (Fsp3) is 0.227. The van der Waals surface area contributed by atoms with E-state index < -0.39 is 22.9 Å². The summed E-state index contributed by atoms with van der Waals surface area (Å²) in [5.41, 5.74) is 0.511. The van der Waals surface area contributed by atoms with E-state index in [2.05, 4.69) is 16.9 Å². The van der Waals surface area contributed by atoms with Gasteiger partial charge in [0, 0.05) is 13.0 Å². The van der Waals surface area contributed by atoms with Gasteiger partial charge in [0.1, 0.15) is 5.25 Å². The van der Waals surface area contributed by atoms with Crippen molar-refractivity contribution in [1.82, 2.24) is 4.90 Å². The largest absolute Gasteiger partial charge is 0.416 e. The minimum absolute atomic E-state index is 0.0353. The fourth-order valence-electron chi connectivity index (χ4n) is 2.98. The molecule has 168 valence electrons. The predicted octanol–water partition coefficient (Wildman–Crippen LogP) is 5.81. The first-order chi connectivity index (χ1) is 15.1. The molecular formula is C22H19ClF3N3O2S. The van der Waals surface area contributed by atoms with Crippen molar-refractivity contribution >= 4 is 51.7 Å². The Labute approximate surface area is 192 Å². The summed E-state index contributed by atoms with van der Waals surface area (Å²) in [6.45, 7) is 5.76. The quantitative estimate of drug-likeness (QED) is 0.529. The highest BCUT2D eigenvalue weighted by atomic mass is 35.5. The molecule has 2 amide bonds. The molecule has 1 aliphatic rings. The van der Waals surface area contributed by atoms with E-state index in [4.69, 9.17) is 11.6 Å². The van der Waals surface area contributed by atoms with E-state index in [1.807, 2.05) is 31.2 Å². The standard InChI is InChI=1S/C22H19ClF3N3O2S/c1-3-10-29-20(31)18(32-21(29)28-16-7-5-4-6-13(16)2)12-19(30)27-17-11-14(22(24,25)26)8-9-15(17)23/h3-9,11,18H,1,10,12H2,2H3,(H,27,30). The predicted molar refractivity (Wildman–Crippen MR) is 121 cm³/mol. The maximum Gasteiger partial charge on any atom is 0.416 e. The van der Waals surface area contributed by atoms with Crippen molar-refractivity contribution in [2.24, 2.45) is 4.99 Å². The monoisotopic (exact) mass is 481 g/mol. The van der Waals surface area contributed by atoms with Crippen LogP contribution in [-0.2, 0) is 15.8 Å². The van der Waals surface area contributed by atoms with Gasteiger partial charge in [-0.05, 0) is 36.8 Å². The Morgan fingerprint density at radius 1 is 1.31 bits per heavy atom. The van der Waals surface area contributed by atoms with Gasteiger partial charge in [-0.1, -0.05) is 47.6 Å². The Hall–Kier alpha value is -2.78. The number of aliphatic imine (C=N–C) groups is 1. The highest BCUT2D eigenvalue weighted by Crippen LogP contribution is 2.35. The van der Waals surface area contributed by atoms with Gasteiger partial charge in [0.25, 0.3) is 0 Å². The van der Waals surface area contributed by atoms with E-state index in [0.717, 1.165) is 35.5 Å². The summed E-state index contributed by atoms with van der Waals surface area (Å²) in [5, 5.41) is 1.99. The highest BCUT2D eigenvalue weighted by molar-refractivity contribution is 8.15. The SMILES string of the molecule is C=CCN1C(=O)C(CC(=O)Nc2cc(C(F)(F)F)ccc2Cl)SC1=Nc1ccccc1C. The van der Waals surface area contributed by atoms with Crippen molar-refractivity contribution < 1.29 is 22.8 Å². The number of halogens is 4. The number of carbonyl (C=O) groups is 2. The Morgan fingerprint density at radius 3 is 2.69 bits per heavy atom. The zero-order chi connectivity index (χ0) is 23.5. The number of nitrogens with one attached hydrogen (secondary N) is 1. The first-order valence-electron chi connectivity index (χ1n) is 9.50. The third-order valence-electron chi connectivity index (χ3n) is 4.60. The van der Waals surface area contributed by atoms with Crippen LogP contribution in [0.3, 0.4) is 0 Å². The second-order valence-electron chi connectivity index (χ2n) is 6.97. The van der Waals surface area contributed by atoms with Crippen molar-refractivity contribution in [1.29, 1.82) is 0 Å². The lowest BCUT2D eigenvalue weighted by atomic mass is 10.2. The van der Waals surface area contributed by atoms with Gasteiger partial charge >= 0.3 is 6.18 Å². The lowest BCUT2D eigenvalue weighted by molar-refractivity contribution is -0.137. The van der Waals surface area contributed by atoms with Crippen molar-refractivity contribution in [3.05, 3.63) is 71.3 Å². The van der Waals surface area contributed by atoms with E-state index in [0.29, 0.717) is 10.9 Å². The molecule has 0 bridgehead atoms. The lowest BCUT2D eigenvalue weighted by Crippen LogP contribution is -2.33. The minimum Gasteiger partial charge on any atom is -0.325 e. The van der Waals surface area contributed by atoms with Crippen LogP contribution in [0.5, 0.6) is 0 Å². The van der Waals surface area contributed by atoms with Crippen LogP contribution in [0, 0.1) is 6.92 Å². The molecule has 0 radical (unpaired) electrons. The van der Waals surface area contributed by atoms with Crippen LogP contribution >= 0.6 is 23.4 Å². The van der Waals surface area contributed by atoms with Crippen LogP contribution in [0.4, 0.5) is 24.5 Å². The lowest BCUT2D eigenvalue weighted by Gasteiger charge is -2.14. The minimum atomic E-state index is -4.58. The first-order valence-corrected chi connectivity index (χ1v) is 10.8. The topological polar surface area (TPSA) is 61.8 Å². The van der Waals surface area contributed by atoms with Crippen LogP contribution in [0.25, 0.3) is 0 Å². The molecule has 1 atom stereocenters. The molecule has 32 heavy (non-hydrogen) atoms. The smallest absolute Gasteiger partial charge is 0.325 e. The van der Waals surface area contributed by atoms with E-state index in [1.54, 1.807) is 6.08 Å². The van der Waals surface area contributed by atoms with Crippen molar-refractivity contribution in [3.8, 4) is 0 Å². The van der Waals surface area contributed by atoms with Gasteiger partial charge < -0.3 is 5.32 Å². The molecule has 0 spiro atoms. The second-order valence-corrected chi connectivity index (χ2v) is 8.55.